The average Bonchev–Trinajstić information content (AvgIpc) is 2.90. The molecule has 0 amide bonds. The first kappa shape index (κ1) is 15.2. The second kappa shape index (κ2) is 7.56. The van der Waals surface area contributed by atoms with Crippen molar-refractivity contribution in [3.63, 3.8) is 0 Å². The number of Topliss-reactive ketones (excluding diaryl/α,β-unsaturated/α-hetero) is 1. The van der Waals surface area contributed by atoms with E-state index in [9.17, 15) is 4.79 Å². The maximum atomic E-state index is 12.1. The lowest BCUT2D eigenvalue weighted by molar-refractivity contribution is 0.102. The van der Waals surface area contributed by atoms with Crippen molar-refractivity contribution in [2.45, 2.75) is 11.7 Å². The van der Waals surface area contributed by atoms with Crippen molar-refractivity contribution in [2.75, 3.05) is 19.5 Å². The number of carbonyl (C=O) groups excluding carboxylic acids is 1. The van der Waals surface area contributed by atoms with Crippen LogP contribution < -0.4 is 0 Å². The molecule has 106 valence electrons. The maximum absolute atomic E-state index is 12.1. The summed E-state index contributed by atoms with van der Waals surface area (Å²) in [4.78, 5) is 12.1. The Bertz CT molecular complexity index is 571. The van der Waals surface area contributed by atoms with Crippen molar-refractivity contribution >= 4 is 33.5 Å². The zero-order valence-electron chi connectivity index (χ0n) is 11.0. The van der Waals surface area contributed by atoms with Crippen LogP contribution in [0, 0.1) is 0 Å². The molecule has 0 aliphatic carbocycles. The summed E-state index contributed by atoms with van der Waals surface area (Å²) in [6.45, 7) is 1.27. The van der Waals surface area contributed by atoms with Gasteiger partial charge in [-0.25, -0.2) is 0 Å². The van der Waals surface area contributed by atoms with Crippen LogP contribution in [0.1, 0.15) is 10.4 Å². The molecule has 0 radical (unpaired) electrons. The zero-order valence-corrected chi connectivity index (χ0v) is 13.4. The standard InChI is InChI=1S/C13H14BrN3O2S/c1-19-7-6-17-9-15-16-13(17)20-8-12(18)10-2-4-11(14)5-3-10/h2-5,9H,6-8H2,1H3. The normalized spacial score (nSPS) is 10.7. The molecular weight excluding hydrogens is 342 g/mol. The quantitative estimate of drug-likeness (QED) is 0.564. The number of aromatic nitrogens is 3. The van der Waals surface area contributed by atoms with Crippen LogP contribution in [0.25, 0.3) is 0 Å². The zero-order chi connectivity index (χ0) is 14.4. The second-order valence-electron chi connectivity index (χ2n) is 4.02. The number of nitrogens with zero attached hydrogens (tertiary/aromatic N) is 3. The third kappa shape index (κ3) is 4.16. The number of benzene rings is 1. The summed E-state index contributed by atoms with van der Waals surface area (Å²) in [5.74, 6) is 0.414. The summed E-state index contributed by atoms with van der Waals surface area (Å²) in [5, 5.41) is 8.60. The van der Waals surface area contributed by atoms with E-state index in [0.29, 0.717) is 24.5 Å². The molecule has 0 spiro atoms. The van der Waals surface area contributed by atoms with Crippen molar-refractivity contribution < 1.29 is 9.53 Å². The van der Waals surface area contributed by atoms with Gasteiger partial charge in [-0.1, -0.05) is 39.8 Å². The number of ether oxygens (including phenoxy) is 1. The molecule has 20 heavy (non-hydrogen) atoms. The lowest BCUT2D eigenvalue weighted by Gasteiger charge is -2.05. The number of carbonyl (C=O) groups is 1. The fraction of sp³-hybridized carbons (Fsp3) is 0.308. The molecule has 0 saturated carbocycles. The minimum atomic E-state index is 0.0730. The molecule has 7 heteroatoms. The van der Waals surface area contributed by atoms with Gasteiger partial charge < -0.3 is 9.30 Å². The van der Waals surface area contributed by atoms with E-state index in [4.69, 9.17) is 4.74 Å². The average molecular weight is 356 g/mol. The highest BCUT2D eigenvalue weighted by molar-refractivity contribution is 9.10. The van der Waals surface area contributed by atoms with E-state index in [0.717, 1.165) is 9.63 Å². The van der Waals surface area contributed by atoms with Gasteiger partial charge in [0.1, 0.15) is 6.33 Å². The van der Waals surface area contributed by atoms with Crippen LogP contribution in [0.2, 0.25) is 0 Å². The van der Waals surface area contributed by atoms with Gasteiger partial charge in [-0.15, -0.1) is 10.2 Å². The molecule has 1 heterocycles. The Morgan fingerprint density at radius 2 is 2.15 bits per heavy atom. The highest BCUT2D eigenvalue weighted by Crippen LogP contribution is 2.18. The van der Waals surface area contributed by atoms with Crippen LogP contribution in [0.5, 0.6) is 0 Å². The number of ketones is 1. The van der Waals surface area contributed by atoms with Gasteiger partial charge in [-0.05, 0) is 12.1 Å². The van der Waals surface area contributed by atoms with E-state index in [1.165, 1.54) is 11.8 Å². The molecule has 1 aromatic carbocycles. The molecular formula is C13H14BrN3O2S. The van der Waals surface area contributed by atoms with Crippen LogP contribution in [0.4, 0.5) is 0 Å². The number of rotatable bonds is 7. The Labute approximate surface area is 129 Å². The van der Waals surface area contributed by atoms with E-state index in [1.807, 2.05) is 28.8 Å². The highest BCUT2D eigenvalue weighted by Gasteiger charge is 2.10. The predicted octanol–water partition coefficient (Wildman–Crippen LogP) is 2.66. The van der Waals surface area contributed by atoms with Crippen molar-refractivity contribution in [3.8, 4) is 0 Å². The van der Waals surface area contributed by atoms with Gasteiger partial charge in [0, 0.05) is 23.7 Å². The highest BCUT2D eigenvalue weighted by atomic mass is 79.9. The Balaban J connectivity index is 1.93. The molecule has 0 bridgehead atoms. The summed E-state index contributed by atoms with van der Waals surface area (Å²) < 4.78 is 7.86. The fourth-order valence-corrected chi connectivity index (χ4v) is 2.65. The molecule has 0 unspecified atom stereocenters. The van der Waals surface area contributed by atoms with Crippen LogP contribution in [-0.2, 0) is 11.3 Å². The minimum absolute atomic E-state index is 0.0730. The first-order valence-corrected chi connectivity index (χ1v) is 7.77. The summed E-state index contributed by atoms with van der Waals surface area (Å²) in [7, 11) is 1.65. The molecule has 0 N–H and O–H groups in total. The Hall–Kier alpha value is -1.18. The molecule has 5 nitrogen and oxygen atoms in total. The summed E-state index contributed by atoms with van der Waals surface area (Å²) in [6.07, 6.45) is 1.64. The maximum Gasteiger partial charge on any atom is 0.191 e. The Morgan fingerprint density at radius 1 is 1.40 bits per heavy atom. The van der Waals surface area contributed by atoms with Crippen LogP contribution in [0.3, 0.4) is 0 Å². The van der Waals surface area contributed by atoms with Crippen LogP contribution in [-0.4, -0.2) is 40.0 Å². The summed E-state index contributed by atoms with van der Waals surface area (Å²) >= 11 is 4.73. The van der Waals surface area contributed by atoms with Crippen molar-refractivity contribution in [2.24, 2.45) is 0 Å². The Morgan fingerprint density at radius 3 is 2.85 bits per heavy atom. The lowest BCUT2D eigenvalue weighted by atomic mass is 10.2. The van der Waals surface area contributed by atoms with Gasteiger partial charge in [0.05, 0.1) is 12.4 Å². The monoisotopic (exact) mass is 355 g/mol. The van der Waals surface area contributed by atoms with Crippen molar-refractivity contribution in [3.05, 3.63) is 40.6 Å². The molecule has 2 rings (SSSR count). The van der Waals surface area contributed by atoms with E-state index >= 15 is 0 Å². The largest absolute Gasteiger partial charge is 0.383 e. The lowest BCUT2D eigenvalue weighted by Crippen LogP contribution is -2.07. The SMILES string of the molecule is COCCn1cnnc1SCC(=O)c1ccc(Br)cc1. The van der Waals surface area contributed by atoms with E-state index < -0.39 is 0 Å². The Kier molecular flexibility index (Phi) is 5.75. The van der Waals surface area contributed by atoms with Crippen molar-refractivity contribution in [1.82, 2.24) is 14.8 Å². The topological polar surface area (TPSA) is 57.0 Å². The van der Waals surface area contributed by atoms with Gasteiger partial charge in [0.15, 0.2) is 10.9 Å². The molecule has 0 saturated heterocycles. The van der Waals surface area contributed by atoms with E-state index in [2.05, 4.69) is 26.1 Å². The number of halogens is 1. The smallest absolute Gasteiger partial charge is 0.191 e. The number of hydrogen-bond acceptors (Lipinski definition) is 5. The number of hydrogen-bond donors (Lipinski definition) is 0. The molecule has 2 aromatic rings. The third-order valence-electron chi connectivity index (χ3n) is 2.61. The second-order valence-corrected chi connectivity index (χ2v) is 5.88. The number of methoxy groups -OCH3 is 1. The predicted molar refractivity (Wildman–Crippen MR) is 81.1 cm³/mol. The van der Waals surface area contributed by atoms with Gasteiger partial charge in [-0.3, -0.25) is 4.79 Å². The first-order chi connectivity index (χ1) is 9.70. The van der Waals surface area contributed by atoms with E-state index in [-0.39, 0.29) is 5.78 Å². The van der Waals surface area contributed by atoms with Crippen LogP contribution in [0.15, 0.2) is 40.2 Å². The summed E-state index contributed by atoms with van der Waals surface area (Å²) in [6, 6.07) is 7.34. The van der Waals surface area contributed by atoms with Gasteiger partial charge >= 0.3 is 0 Å². The van der Waals surface area contributed by atoms with Crippen LogP contribution >= 0.6 is 27.7 Å². The molecule has 0 atom stereocenters. The molecule has 1 aromatic heterocycles. The number of thioether (sulfide) groups is 1. The minimum Gasteiger partial charge on any atom is -0.383 e. The van der Waals surface area contributed by atoms with Crippen molar-refractivity contribution in [1.29, 1.82) is 0 Å². The summed E-state index contributed by atoms with van der Waals surface area (Å²) in [5.41, 5.74) is 0.698. The third-order valence-corrected chi connectivity index (χ3v) is 4.12. The van der Waals surface area contributed by atoms with Gasteiger partial charge in [0.25, 0.3) is 0 Å². The molecule has 0 fully saturated rings. The molecule has 0 aliphatic rings. The molecule has 0 aliphatic heterocycles. The fourth-order valence-electron chi connectivity index (χ4n) is 1.55. The van der Waals surface area contributed by atoms with Gasteiger partial charge in [0.2, 0.25) is 0 Å². The van der Waals surface area contributed by atoms with Gasteiger partial charge in [-0.2, -0.15) is 0 Å². The first-order valence-electron chi connectivity index (χ1n) is 5.99. The van der Waals surface area contributed by atoms with E-state index in [1.54, 1.807) is 13.4 Å².